The highest BCUT2D eigenvalue weighted by molar-refractivity contribution is 6.18. The van der Waals surface area contributed by atoms with Crippen molar-refractivity contribution in [2.75, 3.05) is 38.9 Å². The zero-order chi connectivity index (χ0) is 16.1. The van der Waals surface area contributed by atoms with Crippen LogP contribution in [0.3, 0.4) is 0 Å². The molecule has 0 aromatic heterocycles. The Morgan fingerprint density at radius 3 is 2.24 bits per heavy atom. The summed E-state index contributed by atoms with van der Waals surface area (Å²) >= 11 is 5.56. The standard InChI is InChI=1S/C16H33ClO4/c1-13(2)10-19-7-8-21-15(4)12-20-11-14(3)5-6-16(18)9-17/h13-16,18H,5-12H2,1-4H3. The second kappa shape index (κ2) is 13.8. The van der Waals surface area contributed by atoms with E-state index < -0.39 is 6.10 Å². The van der Waals surface area contributed by atoms with Gasteiger partial charge in [-0.15, -0.1) is 11.6 Å². The van der Waals surface area contributed by atoms with Gasteiger partial charge >= 0.3 is 0 Å². The van der Waals surface area contributed by atoms with Gasteiger partial charge in [-0.05, 0) is 31.6 Å². The Hall–Kier alpha value is 0.130. The zero-order valence-corrected chi connectivity index (χ0v) is 14.8. The van der Waals surface area contributed by atoms with E-state index in [4.69, 9.17) is 25.8 Å². The SMILES string of the molecule is CC(C)COCCOC(C)COCC(C)CCC(O)CCl. The van der Waals surface area contributed by atoms with Crippen molar-refractivity contribution in [1.82, 2.24) is 0 Å². The number of halogens is 1. The molecule has 5 heteroatoms. The molecule has 1 N–H and O–H groups in total. The lowest BCUT2D eigenvalue weighted by atomic mass is 10.0. The van der Waals surface area contributed by atoms with E-state index in [0.29, 0.717) is 44.1 Å². The predicted molar refractivity (Wildman–Crippen MR) is 87.0 cm³/mol. The van der Waals surface area contributed by atoms with Crippen molar-refractivity contribution in [3.05, 3.63) is 0 Å². The Kier molecular flexibility index (Phi) is 13.9. The van der Waals surface area contributed by atoms with Gasteiger partial charge in [0.05, 0.1) is 32.0 Å². The molecule has 3 unspecified atom stereocenters. The molecule has 0 aromatic rings. The van der Waals surface area contributed by atoms with Crippen LogP contribution in [0.25, 0.3) is 0 Å². The third-order valence-corrected chi connectivity index (χ3v) is 3.36. The van der Waals surface area contributed by atoms with Crippen molar-refractivity contribution in [2.45, 2.75) is 52.7 Å². The summed E-state index contributed by atoms with van der Waals surface area (Å²) in [6, 6.07) is 0. The molecule has 0 aliphatic rings. The first kappa shape index (κ1) is 21.1. The van der Waals surface area contributed by atoms with Crippen LogP contribution in [-0.2, 0) is 14.2 Å². The lowest BCUT2D eigenvalue weighted by molar-refractivity contribution is -0.0377. The van der Waals surface area contributed by atoms with Gasteiger partial charge in [-0.1, -0.05) is 20.8 Å². The molecular weight excluding hydrogens is 292 g/mol. The van der Waals surface area contributed by atoms with Gasteiger partial charge in [-0.25, -0.2) is 0 Å². The highest BCUT2D eigenvalue weighted by Gasteiger charge is 2.09. The summed E-state index contributed by atoms with van der Waals surface area (Å²) in [4.78, 5) is 0. The first-order valence-corrected chi connectivity index (χ1v) is 8.50. The van der Waals surface area contributed by atoms with Gasteiger partial charge < -0.3 is 19.3 Å². The number of hydrogen-bond acceptors (Lipinski definition) is 4. The Balaban J connectivity index is 3.41. The molecule has 0 bridgehead atoms. The highest BCUT2D eigenvalue weighted by Crippen LogP contribution is 2.10. The van der Waals surface area contributed by atoms with Gasteiger partial charge in [-0.2, -0.15) is 0 Å². The van der Waals surface area contributed by atoms with Crippen LogP contribution in [-0.4, -0.2) is 56.2 Å². The minimum atomic E-state index is -0.401. The van der Waals surface area contributed by atoms with Crippen molar-refractivity contribution in [1.29, 1.82) is 0 Å². The quantitative estimate of drug-likeness (QED) is 0.394. The van der Waals surface area contributed by atoms with Gasteiger partial charge in [0.2, 0.25) is 0 Å². The zero-order valence-electron chi connectivity index (χ0n) is 14.0. The van der Waals surface area contributed by atoms with Crippen molar-refractivity contribution < 1.29 is 19.3 Å². The maximum absolute atomic E-state index is 9.39. The van der Waals surface area contributed by atoms with E-state index >= 15 is 0 Å². The third-order valence-electron chi connectivity index (χ3n) is 3.01. The van der Waals surface area contributed by atoms with Gasteiger partial charge in [0, 0.05) is 19.1 Å². The first-order valence-electron chi connectivity index (χ1n) is 7.96. The maximum Gasteiger partial charge on any atom is 0.0781 e. The van der Waals surface area contributed by atoms with Crippen LogP contribution in [0, 0.1) is 11.8 Å². The monoisotopic (exact) mass is 324 g/mol. The van der Waals surface area contributed by atoms with Crippen molar-refractivity contribution in [2.24, 2.45) is 11.8 Å². The number of aliphatic hydroxyl groups is 1. The molecule has 3 atom stereocenters. The molecule has 0 spiro atoms. The van der Waals surface area contributed by atoms with E-state index in [0.717, 1.165) is 19.4 Å². The summed E-state index contributed by atoms with van der Waals surface area (Å²) in [5.41, 5.74) is 0. The molecule has 0 amide bonds. The molecule has 0 fully saturated rings. The second-order valence-corrected chi connectivity index (χ2v) is 6.49. The number of aliphatic hydroxyl groups excluding tert-OH is 1. The summed E-state index contributed by atoms with van der Waals surface area (Å²) in [5, 5.41) is 9.39. The molecule has 0 saturated carbocycles. The van der Waals surface area contributed by atoms with Gasteiger partial charge in [0.1, 0.15) is 0 Å². The molecule has 4 nitrogen and oxygen atoms in total. The summed E-state index contributed by atoms with van der Waals surface area (Å²) in [5.74, 6) is 1.28. The number of rotatable bonds is 14. The van der Waals surface area contributed by atoms with Crippen LogP contribution in [0.4, 0.5) is 0 Å². The Morgan fingerprint density at radius 1 is 0.905 bits per heavy atom. The first-order chi connectivity index (χ1) is 9.95. The van der Waals surface area contributed by atoms with Crippen LogP contribution in [0.15, 0.2) is 0 Å². The fraction of sp³-hybridized carbons (Fsp3) is 1.00. The van der Waals surface area contributed by atoms with Crippen LogP contribution >= 0.6 is 11.6 Å². The summed E-state index contributed by atoms with van der Waals surface area (Å²) < 4.78 is 16.7. The van der Waals surface area contributed by atoms with Crippen molar-refractivity contribution in [3.63, 3.8) is 0 Å². The van der Waals surface area contributed by atoms with E-state index in [1.54, 1.807) is 0 Å². The lowest BCUT2D eigenvalue weighted by Gasteiger charge is -2.17. The predicted octanol–water partition coefficient (Wildman–Crippen LogP) is 3.10. The van der Waals surface area contributed by atoms with E-state index in [2.05, 4.69) is 20.8 Å². The van der Waals surface area contributed by atoms with Crippen LogP contribution in [0.2, 0.25) is 0 Å². The lowest BCUT2D eigenvalue weighted by Crippen LogP contribution is -2.21. The average Bonchev–Trinajstić information content (AvgIpc) is 2.44. The minimum absolute atomic E-state index is 0.0771. The molecular formula is C16H33ClO4. The average molecular weight is 325 g/mol. The largest absolute Gasteiger partial charge is 0.392 e. The van der Waals surface area contributed by atoms with E-state index in [1.165, 1.54) is 0 Å². The second-order valence-electron chi connectivity index (χ2n) is 6.18. The van der Waals surface area contributed by atoms with Gasteiger partial charge in [0.25, 0.3) is 0 Å². The molecule has 0 aliphatic heterocycles. The van der Waals surface area contributed by atoms with E-state index in [-0.39, 0.29) is 6.10 Å². The van der Waals surface area contributed by atoms with Crippen LogP contribution in [0.5, 0.6) is 0 Å². The number of alkyl halides is 1. The molecule has 128 valence electrons. The molecule has 0 heterocycles. The molecule has 0 rings (SSSR count). The van der Waals surface area contributed by atoms with Crippen LogP contribution < -0.4 is 0 Å². The van der Waals surface area contributed by atoms with Crippen molar-refractivity contribution in [3.8, 4) is 0 Å². The summed E-state index contributed by atoms with van der Waals surface area (Å²) in [6.45, 7) is 11.7. The summed E-state index contributed by atoms with van der Waals surface area (Å²) in [7, 11) is 0. The topological polar surface area (TPSA) is 47.9 Å². The van der Waals surface area contributed by atoms with Gasteiger partial charge in [0.15, 0.2) is 0 Å². The molecule has 21 heavy (non-hydrogen) atoms. The van der Waals surface area contributed by atoms with Crippen LogP contribution in [0.1, 0.15) is 40.5 Å². The number of hydrogen-bond donors (Lipinski definition) is 1. The third kappa shape index (κ3) is 14.8. The van der Waals surface area contributed by atoms with E-state index in [9.17, 15) is 5.11 Å². The fourth-order valence-electron chi connectivity index (χ4n) is 1.75. The highest BCUT2D eigenvalue weighted by atomic mass is 35.5. The normalized spacial score (nSPS) is 16.1. The number of ether oxygens (including phenoxy) is 3. The fourth-order valence-corrected chi connectivity index (χ4v) is 1.90. The van der Waals surface area contributed by atoms with Gasteiger partial charge in [-0.3, -0.25) is 0 Å². The Morgan fingerprint density at radius 2 is 1.62 bits per heavy atom. The smallest absolute Gasteiger partial charge is 0.0781 e. The van der Waals surface area contributed by atoms with E-state index in [1.807, 2.05) is 6.92 Å². The summed E-state index contributed by atoms with van der Waals surface area (Å²) in [6.07, 6.45) is 1.33. The molecule has 0 saturated heterocycles. The molecule has 0 aromatic carbocycles. The maximum atomic E-state index is 9.39. The Bertz CT molecular complexity index is 226. The molecule has 0 aliphatic carbocycles. The minimum Gasteiger partial charge on any atom is -0.392 e. The Labute approximate surface area is 135 Å². The molecule has 0 radical (unpaired) electrons. The van der Waals surface area contributed by atoms with Crippen molar-refractivity contribution >= 4 is 11.6 Å².